The van der Waals surface area contributed by atoms with E-state index in [1.54, 1.807) is 0 Å². The van der Waals surface area contributed by atoms with Gasteiger partial charge in [-0.2, -0.15) is 13.2 Å². The Balaban J connectivity index is 0.000000356. The number of nitrogens with zero attached hydrogens (tertiary/aromatic N) is 4. The number of aromatic nitrogens is 4. The molecule has 5 N–H and O–H groups in total. The largest absolute Gasteiger partial charge is 0.491 e. The van der Waals surface area contributed by atoms with Crippen LogP contribution in [0.1, 0.15) is 23.2 Å². The number of rotatable bonds is 4. The van der Waals surface area contributed by atoms with E-state index >= 15 is 0 Å². The minimum absolute atomic E-state index is 0.0914. The molecule has 1 aliphatic heterocycles. The van der Waals surface area contributed by atoms with Gasteiger partial charge in [-0.1, -0.05) is 0 Å². The third-order valence-electron chi connectivity index (χ3n) is 4.91. The lowest BCUT2D eigenvalue weighted by atomic mass is 9.99. The normalized spacial score (nSPS) is 14.0. The predicted molar refractivity (Wildman–Crippen MR) is 114 cm³/mol. The first-order valence-corrected chi connectivity index (χ1v) is 10.3. The summed E-state index contributed by atoms with van der Waals surface area (Å²) in [5.74, 6) is -8.36. The molecule has 0 aromatic carbocycles. The maximum atomic E-state index is 13.8. The van der Waals surface area contributed by atoms with E-state index < -0.39 is 52.9 Å². The van der Waals surface area contributed by atoms with Crippen molar-refractivity contribution in [1.82, 2.24) is 24.9 Å². The lowest BCUT2D eigenvalue weighted by molar-refractivity contribution is -0.189. The van der Waals surface area contributed by atoms with E-state index in [0.717, 1.165) is 49.0 Å². The van der Waals surface area contributed by atoms with Crippen LogP contribution >= 0.6 is 0 Å². The van der Waals surface area contributed by atoms with Gasteiger partial charge in [0.2, 0.25) is 0 Å². The van der Waals surface area contributed by atoms with E-state index in [1.165, 1.54) is 0 Å². The number of nitrogens with two attached hydrogens (primary N) is 1. The lowest BCUT2D eigenvalue weighted by Crippen LogP contribution is -2.31. The highest BCUT2D eigenvalue weighted by atomic mass is 19.4. The Hall–Kier alpha value is -4.41. The number of hydrogen-bond acceptors (Lipinski definition) is 9. The molecule has 0 atom stereocenters. The smallest absolute Gasteiger partial charge is 0.481 e. The molecule has 1 saturated heterocycles. The molecule has 37 heavy (non-hydrogen) atoms. The molecule has 4 heterocycles. The molecule has 12 nitrogen and oxygen atoms in total. The van der Waals surface area contributed by atoms with E-state index in [4.69, 9.17) is 10.8 Å². The van der Waals surface area contributed by atoms with Gasteiger partial charge in [0.25, 0.3) is 5.91 Å². The number of pyridine rings is 1. The van der Waals surface area contributed by atoms with Crippen LogP contribution in [0.15, 0.2) is 24.8 Å². The fourth-order valence-electron chi connectivity index (χ4n) is 3.17. The number of anilines is 2. The van der Waals surface area contributed by atoms with Gasteiger partial charge in [-0.3, -0.25) is 14.6 Å². The molecule has 1 amide bonds. The molecule has 17 heteroatoms. The van der Waals surface area contributed by atoms with Crippen molar-refractivity contribution in [3.05, 3.63) is 42.0 Å². The molecule has 1 fully saturated rings. The number of fused-ring (bicyclic) bond motifs is 1. The number of hydrogen-bond donors (Lipinski definition) is 4. The maximum absolute atomic E-state index is 13.8. The standard InChI is InChI=1S/C14H7F5N6O3.C6H11NO2/c15-5-1-22-11-8(10(20)24-25(11)4-5)12(26)23-7-3-21-2-6(16)9(7)28-13(27)14(17,18)19;8-6(9)5-1-3-7-4-2-5/h1-4H,(H2,20,24)(H,23,26);5,7H,1-4H2,(H,8,9). The van der Waals surface area contributed by atoms with Crippen molar-refractivity contribution in [1.29, 1.82) is 0 Å². The van der Waals surface area contributed by atoms with Gasteiger partial charge in [0.05, 0.1) is 30.7 Å². The summed E-state index contributed by atoms with van der Waals surface area (Å²) < 4.78 is 69.0. The number of nitrogen functional groups attached to an aromatic ring is 1. The van der Waals surface area contributed by atoms with Crippen LogP contribution in [0.2, 0.25) is 0 Å². The average molecular weight is 531 g/mol. The van der Waals surface area contributed by atoms with E-state index in [-0.39, 0.29) is 17.1 Å². The van der Waals surface area contributed by atoms with Gasteiger partial charge in [-0.05, 0) is 25.9 Å². The summed E-state index contributed by atoms with van der Waals surface area (Å²) in [6.07, 6.45) is -0.969. The van der Waals surface area contributed by atoms with Crippen LogP contribution in [0.25, 0.3) is 5.65 Å². The number of ether oxygens (including phenoxy) is 1. The first kappa shape index (κ1) is 27.2. The monoisotopic (exact) mass is 531 g/mol. The summed E-state index contributed by atoms with van der Waals surface area (Å²) >= 11 is 0. The van der Waals surface area contributed by atoms with Crippen molar-refractivity contribution < 1.29 is 46.2 Å². The number of halogens is 5. The Morgan fingerprint density at radius 1 is 1.16 bits per heavy atom. The first-order chi connectivity index (χ1) is 17.4. The second kappa shape index (κ2) is 11.1. The molecular formula is C20H18F5N7O5. The van der Waals surface area contributed by atoms with Gasteiger partial charge in [0.15, 0.2) is 28.8 Å². The zero-order valence-corrected chi connectivity index (χ0v) is 18.6. The molecule has 198 valence electrons. The predicted octanol–water partition coefficient (Wildman–Crippen LogP) is 1.78. The molecule has 3 aromatic rings. The summed E-state index contributed by atoms with van der Waals surface area (Å²) in [4.78, 5) is 40.8. The van der Waals surface area contributed by atoms with Crippen LogP contribution in [0.3, 0.4) is 0 Å². The quantitative estimate of drug-likeness (QED) is 0.287. The molecule has 3 aromatic heterocycles. The van der Waals surface area contributed by atoms with Crippen LogP contribution in [-0.4, -0.2) is 61.8 Å². The third-order valence-corrected chi connectivity index (χ3v) is 4.91. The van der Waals surface area contributed by atoms with E-state index in [9.17, 15) is 36.3 Å². The van der Waals surface area contributed by atoms with Crippen LogP contribution in [0.4, 0.5) is 33.5 Å². The molecule has 0 radical (unpaired) electrons. The molecular weight excluding hydrogens is 513 g/mol. The molecule has 0 aliphatic carbocycles. The second-order valence-electron chi connectivity index (χ2n) is 7.50. The van der Waals surface area contributed by atoms with Gasteiger partial charge in [-0.25, -0.2) is 23.1 Å². The number of aliphatic carboxylic acids is 1. The number of carbonyl (C=O) groups excluding carboxylic acids is 2. The minimum Gasteiger partial charge on any atom is -0.481 e. The first-order valence-electron chi connectivity index (χ1n) is 10.3. The lowest BCUT2D eigenvalue weighted by Gasteiger charge is -2.17. The number of alkyl halides is 3. The number of nitrogens with one attached hydrogen (secondary N) is 2. The zero-order chi connectivity index (χ0) is 27.3. The summed E-state index contributed by atoms with van der Waals surface area (Å²) in [5, 5.41) is 17.3. The van der Waals surface area contributed by atoms with Gasteiger partial charge < -0.3 is 26.2 Å². The highest BCUT2D eigenvalue weighted by molar-refractivity contribution is 6.12. The van der Waals surface area contributed by atoms with Crippen molar-refractivity contribution >= 4 is 35.0 Å². The van der Waals surface area contributed by atoms with Gasteiger partial charge in [0.1, 0.15) is 11.3 Å². The molecule has 4 rings (SSSR count). The van der Waals surface area contributed by atoms with E-state index in [0.29, 0.717) is 6.20 Å². The maximum Gasteiger partial charge on any atom is 0.491 e. The highest BCUT2D eigenvalue weighted by Gasteiger charge is 2.42. The van der Waals surface area contributed by atoms with Crippen LogP contribution in [-0.2, 0) is 9.59 Å². The Labute approximate surface area is 203 Å². The van der Waals surface area contributed by atoms with E-state index in [1.807, 2.05) is 5.32 Å². The number of amides is 1. The average Bonchev–Trinajstić information content (AvgIpc) is 3.16. The number of carboxylic acid groups (broad SMARTS) is 1. The second-order valence-corrected chi connectivity index (χ2v) is 7.50. The molecule has 0 bridgehead atoms. The Bertz CT molecular complexity index is 1320. The zero-order valence-electron chi connectivity index (χ0n) is 18.6. The van der Waals surface area contributed by atoms with Gasteiger partial charge >= 0.3 is 18.1 Å². The third kappa shape index (κ3) is 6.63. The SMILES string of the molecule is Nc1nn2cc(F)cnc2c1C(=O)Nc1cncc(F)c1OC(=O)C(F)(F)F.O=C(O)C1CCNCC1. The van der Waals surface area contributed by atoms with Crippen LogP contribution in [0, 0.1) is 17.6 Å². The molecule has 0 unspecified atom stereocenters. The fraction of sp³-hybridized carbons (Fsp3) is 0.300. The van der Waals surface area contributed by atoms with Crippen molar-refractivity contribution in [2.45, 2.75) is 19.0 Å². The number of piperidine rings is 1. The Morgan fingerprint density at radius 3 is 2.43 bits per heavy atom. The Morgan fingerprint density at radius 2 is 1.84 bits per heavy atom. The number of carbonyl (C=O) groups is 3. The van der Waals surface area contributed by atoms with Gasteiger partial charge in [0, 0.05) is 0 Å². The van der Waals surface area contributed by atoms with Crippen molar-refractivity contribution in [3.8, 4) is 5.75 Å². The highest BCUT2D eigenvalue weighted by Crippen LogP contribution is 2.30. The minimum atomic E-state index is -5.40. The summed E-state index contributed by atoms with van der Waals surface area (Å²) in [5.41, 5.74) is 4.33. The summed E-state index contributed by atoms with van der Waals surface area (Å²) in [7, 11) is 0. The van der Waals surface area contributed by atoms with Crippen molar-refractivity contribution in [2.75, 3.05) is 24.1 Å². The molecule has 1 aliphatic rings. The van der Waals surface area contributed by atoms with Crippen LogP contribution < -0.4 is 21.1 Å². The van der Waals surface area contributed by atoms with Gasteiger partial charge in [-0.15, -0.1) is 5.10 Å². The Kier molecular flexibility index (Phi) is 8.16. The van der Waals surface area contributed by atoms with E-state index in [2.05, 4.69) is 25.1 Å². The molecule has 0 saturated carbocycles. The fourth-order valence-corrected chi connectivity index (χ4v) is 3.17. The summed E-state index contributed by atoms with van der Waals surface area (Å²) in [6.45, 7) is 1.72. The van der Waals surface area contributed by atoms with Crippen molar-refractivity contribution in [2.24, 2.45) is 5.92 Å². The van der Waals surface area contributed by atoms with Crippen LogP contribution in [0.5, 0.6) is 5.75 Å². The number of carboxylic acids is 1. The topological polar surface area (TPSA) is 174 Å². The molecule has 0 spiro atoms. The van der Waals surface area contributed by atoms with Crippen molar-refractivity contribution in [3.63, 3.8) is 0 Å². The number of esters is 1. The summed E-state index contributed by atoms with van der Waals surface area (Å²) in [6, 6.07) is 0.